The van der Waals surface area contributed by atoms with Crippen LogP contribution >= 0.6 is 0 Å². The van der Waals surface area contributed by atoms with Crippen LogP contribution in [0.2, 0.25) is 0 Å². The fourth-order valence-corrected chi connectivity index (χ4v) is 1.39. The molecule has 1 heteroatoms. The van der Waals surface area contributed by atoms with Gasteiger partial charge >= 0.3 is 0 Å². The topological polar surface area (TPSA) is 9.23 Å². The summed E-state index contributed by atoms with van der Waals surface area (Å²) in [7, 11) is 0. The highest BCUT2D eigenvalue weighted by Gasteiger charge is 1.99. The molecule has 0 radical (unpaired) electrons. The van der Waals surface area contributed by atoms with Gasteiger partial charge in [-0.3, -0.25) is 0 Å². The maximum absolute atomic E-state index is 5.75. The van der Waals surface area contributed by atoms with Crippen LogP contribution in [0, 0.1) is 6.92 Å². The van der Waals surface area contributed by atoms with Crippen molar-refractivity contribution in [2.75, 3.05) is 0 Å². The largest absolute Gasteiger partial charge is 0.461 e. The molecule has 2 rings (SSSR count). The van der Waals surface area contributed by atoms with Crippen LogP contribution < -0.4 is 4.74 Å². The minimum atomic E-state index is 0.848. The van der Waals surface area contributed by atoms with Crippen molar-refractivity contribution in [2.24, 2.45) is 0 Å². The molecule has 0 fully saturated rings. The lowest BCUT2D eigenvalue weighted by Crippen LogP contribution is -1.93. The van der Waals surface area contributed by atoms with Gasteiger partial charge in [-0.1, -0.05) is 42.0 Å². The monoisotopic (exact) mass is 198 g/mol. The first-order valence-electron chi connectivity index (χ1n) is 5.11. The number of hydrogen-bond donors (Lipinski definition) is 0. The Labute approximate surface area is 90.4 Å². The molecule has 0 unspecified atom stereocenters. The Kier molecular flexibility index (Phi) is 3.03. The zero-order chi connectivity index (χ0) is 10.5. The van der Waals surface area contributed by atoms with E-state index in [2.05, 4.69) is 25.1 Å². The molecular formula is C14H14O. The molecule has 1 aliphatic rings. The molecule has 0 saturated carbocycles. The van der Waals surface area contributed by atoms with Crippen LogP contribution in [-0.2, 0) is 0 Å². The summed E-state index contributed by atoms with van der Waals surface area (Å²) in [5, 5.41) is 0. The van der Waals surface area contributed by atoms with E-state index >= 15 is 0 Å². The van der Waals surface area contributed by atoms with Gasteiger partial charge in [0.1, 0.15) is 11.5 Å². The van der Waals surface area contributed by atoms with E-state index in [-0.39, 0.29) is 0 Å². The van der Waals surface area contributed by atoms with Crippen LogP contribution in [0.4, 0.5) is 0 Å². The molecule has 1 aliphatic carbocycles. The summed E-state index contributed by atoms with van der Waals surface area (Å²) in [6, 6.07) is 8.10. The molecule has 0 spiro atoms. The minimum absolute atomic E-state index is 0.848. The average Bonchev–Trinajstić information content (AvgIpc) is 2.50. The van der Waals surface area contributed by atoms with Crippen molar-refractivity contribution in [2.45, 2.75) is 13.3 Å². The molecule has 0 bridgehead atoms. The number of allylic oxidation sites excluding steroid dienone is 5. The zero-order valence-electron chi connectivity index (χ0n) is 8.81. The van der Waals surface area contributed by atoms with Crippen molar-refractivity contribution in [3.63, 3.8) is 0 Å². The van der Waals surface area contributed by atoms with Gasteiger partial charge < -0.3 is 4.74 Å². The second-order valence-corrected chi connectivity index (χ2v) is 3.57. The van der Waals surface area contributed by atoms with Gasteiger partial charge in [-0.2, -0.15) is 0 Å². The zero-order valence-corrected chi connectivity index (χ0v) is 8.81. The summed E-state index contributed by atoms with van der Waals surface area (Å²) >= 11 is 0. The number of hydrogen-bond acceptors (Lipinski definition) is 1. The Bertz CT molecular complexity index is 407. The van der Waals surface area contributed by atoms with Gasteiger partial charge in [0.05, 0.1) is 0 Å². The molecule has 1 aromatic rings. The molecule has 76 valence electrons. The second-order valence-electron chi connectivity index (χ2n) is 3.57. The molecule has 0 amide bonds. The lowest BCUT2D eigenvalue weighted by molar-refractivity contribution is 0.416. The van der Waals surface area contributed by atoms with Crippen LogP contribution in [0.5, 0.6) is 5.75 Å². The molecular weight excluding hydrogens is 184 g/mol. The van der Waals surface area contributed by atoms with E-state index in [1.165, 1.54) is 5.56 Å². The van der Waals surface area contributed by atoms with Crippen LogP contribution in [-0.4, -0.2) is 0 Å². The van der Waals surface area contributed by atoms with Gasteiger partial charge in [0.25, 0.3) is 0 Å². The molecule has 0 heterocycles. The van der Waals surface area contributed by atoms with E-state index in [1.54, 1.807) is 0 Å². The summed E-state index contributed by atoms with van der Waals surface area (Å²) in [6.45, 7) is 2.07. The second kappa shape index (κ2) is 4.65. The van der Waals surface area contributed by atoms with Crippen molar-refractivity contribution in [1.82, 2.24) is 0 Å². The lowest BCUT2D eigenvalue weighted by atomic mass is 10.2. The highest BCUT2D eigenvalue weighted by atomic mass is 16.5. The van der Waals surface area contributed by atoms with E-state index < -0.39 is 0 Å². The first-order chi connectivity index (χ1) is 7.34. The van der Waals surface area contributed by atoms with Gasteiger partial charge in [-0.15, -0.1) is 0 Å². The summed E-state index contributed by atoms with van der Waals surface area (Å²) in [5.74, 6) is 1.87. The SMILES string of the molecule is Cc1ccc(OC2=CC=CC=CC2)cc1. The molecule has 1 nitrogen and oxygen atoms in total. The summed E-state index contributed by atoms with van der Waals surface area (Å²) in [5.41, 5.74) is 1.25. The summed E-state index contributed by atoms with van der Waals surface area (Å²) in [4.78, 5) is 0. The first-order valence-corrected chi connectivity index (χ1v) is 5.11. The highest BCUT2D eigenvalue weighted by molar-refractivity contribution is 5.29. The third-order valence-corrected chi connectivity index (χ3v) is 2.23. The molecule has 0 saturated heterocycles. The predicted molar refractivity (Wildman–Crippen MR) is 62.8 cm³/mol. The van der Waals surface area contributed by atoms with Crippen LogP contribution in [0.1, 0.15) is 12.0 Å². The third-order valence-electron chi connectivity index (χ3n) is 2.23. The van der Waals surface area contributed by atoms with Gasteiger partial charge in [-0.05, 0) is 25.1 Å². The summed E-state index contributed by atoms with van der Waals surface area (Å²) in [6.07, 6.45) is 11.0. The molecule has 0 aromatic heterocycles. The Morgan fingerprint density at radius 3 is 2.60 bits per heavy atom. The smallest absolute Gasteiger partial charge is 0.126 e. The van der Waals surface area contributed by atoms with E-state index in [1.807, 2.05) is 36.4 Å². The average molecular weight is 198 g/mol. The van der Waals surface area contributed by atoms with E-state index in [4.69, 9.17) is 4.74 Å². The van der Waals surface area contributed by atoms with Gasteiger partial charge in [0.2, 0.25) is 0 Å². The van der Waals surface area contributed by atoms with Gasteiger partial charge in [-0.25, -0.2) is 0 Å². The molecule has 0 N–H and O–H groups in total. The maximum atomic E-state index is 5.75. The molecule has 0 atom stereocenters. The Hall–Kier alpha value is -1.76. The Balaban J connectivity index is 2.08. The molecule has 15 heavy (non-hydrogen) atoms. The van der Waals surface area contributed by atoms with E-state index in [0.717, 1.165) is 17.9 Å². The fraction of sp³-hybridized carbons (Fsp3) is 0.143. The number of aryl methyl sites for hydroxylation is 1. The molecule has 1 aromatic carbocycles. The number of ether oxygens (including phenoxy) is 1. The van der Waals surface area contributed by atoms with Crippen molar-refractivity contribution in [1.29, 1.82) is 0 Å². The first kappa shape index (κ1) is 9.78. The van der Waals surface area contributed by atoms with Crippen molar-refractivity contribution in [3.05, 3.63) is 66.0 Å². The highest BCUT2D eigenvalue weighted by Crippen LogP contribution is 2.17. The van der Waals surface area contributed by atoms with Gasteiger partial charge in [0.15, 0.2) is 0 Å². The minimum Gasteiger partial charge on any atom is -0.461 e. The van der Waals surface area contributed by atoms with Crippen molar-refractivity contribution in [3.8, 4) is 5.75 Å². The third kappa shape index (κ3) is 2.84. The van der Waals surface area contributed by atoms with Crippen LogP contribution in [0.3, 0.4) is 0 Å². The van der Waals surface area contributed by atoms with Crippen LogP contribution in [0.15, 0.2) is 60.4 Å². The van der Waals surface area contributed by atoms with Crippen LogP contribution in [0.25, 0.3) is 0 Å². The molecule has 0 aliphatic heterocycles. The normalized spacial score (nSPS) is 14.6. The number of rotatable bonds is 2. The summed E-state index contributed by atoms with van der Waals surface area (Å²) < 4.78 is 5.75. The fourth-order valence-electron chi connectivity index (χ4n) is 1.39. The van der Waals surface area contributed by atoms with E-state index in [0.29, 0.717) is 0 Å². The standard InChI is InChI=1S/C14H14O/c1-12-8-10-14(11-9-12)15-13-6-4-2-3-5-7-13/h2-6,8-11H,7H2,1H3. The maximum Gasteiger partial charge on any atom is 0.126 e. The quantitative estimate of drug-likeness (QED) is 0.702. The number of benzene rings is 1. The Morgan fingerprint density at radius 1 is 1.00 bits per heavy atom. The van der Waals surface area contributed by atoms with Gasteiger partial charge in [0, 0.05) is 6.42 Å². The lowest BCUT2D eigenvalue weighted by Gasteiger charge is -2.07. The Morgan fingerprint density at radius 2 is 1.80 bits per heavy atom. The predicted octanol–water partition coefficient (Wildman–Crippen LogP) is 3.77. The van der Waals surface area contributed by atoms with Crippen molar-refractivity contribution < 1.29 is 4.74 Å². The van der Waals surface area contributed by atoms with E-state index in [9.17, 15) is 0 Å². The van der Waals surface area contributed by atoms with Crippen molar-refractivity contribution >= 4 is 0 Å².